The lowest BCUT2D eigenvalue weighted by atomic mass is 10.2. The predicted octanol–water partition coefficient (Wildman–Crippen LogP) is 2.00. The summed E-state index contributed by atoms with van der Waals surface area (Å²) >= 11 is 0. The van der Waals surface area contributed by atoms with Gasteiger partial charge in [0, 0.05) is 32.3 Å². The number of likely N-dealkylation sites (tertiary alicyclic amines) is 1. The molecule has 2 fully saturated rings. The smallest absolute Gasteiger partial charge is 0.240 e. The maximum absolute atomic E-state index is 12.7. The number of hydrogen-bond acceptors (Lipinski definition) is 5. The average Bonchev–Trinajstić information content (AvgIpc) is 3.27. The van der Waals surface area contributed by atoms with Gasteiger partial charge in [-0.15, -0.1) is 0 Å². The Morgan fingerprint density at radius 3 is 2.80 bits per heavy atom. The highest BCUT2D eigenvalue weighted by Gasteiger charge is 2.32. The Labute approximate surface area is 150 Å². The first-order valence-electron chi connectivity index (χ1n) is 9.42. The van der Waals surface area contributed by atoms with E-state index in [1.807, 2.05) is 42.2 Å². The minimum absolute atomic E-state index is 0.0442. The van der Waals surface area contributed by atoms with E-state index in [1.54, 1.807) is 0 Å². The number of ether oxygens (including phenoxy) is 1. The summed E-state index contributed by atoms with van der Waals surface area (Å²) in [6, 6.07) is 3.88. The molecule has 2 aliphatic rings. The van der Waals surface area contributed by atoms with E-state index in [0.717, 1.165) is 44.0 Å². The van der Waals surface area contributed by atoms with E-state index < -0.39 is 0 Å². The molecule has 1 aromatic rings. The highest BCUT2D eigenvalue weighted by Crippen LogP contribution is 2.30. The molecule has 0 saturated carbocycles. The van der Waals surface area contributed by atoms with Gasteiger partial charge < -0.3 is 14.5 Å². The van der Waals surface area contributed by atoms with Crippen LogP contribution >= 0.6 is 0 Å². The molecule has 0 aliphatic carbocycles. The lowest BCUT2D eigenvalue weighted by Crippen LogP contribution is -2.45. The quantitative estimate of drug-likeness (QED) is 0.788. The van der Waals surface area contributed by atoms with Crippen molar-refractivity contribution in [2.45, 2.75) is 44.8 Å². The molecule has 6 nitrogen and oxygen atoms in total. The molecule has 0 unspecified atom stereocenters. The highest BCUT2D eigenvalue weighted by atomic mass is 16.5. The number of amides is 1. The standard InChI is InChI=1S/C19H30N4O2/c1-4-16(21(2)3)19(24)23-13-9-15(14-23)25-17-8-7-10-20-18(17)22-11-5-6-12-22/h7-8,10,15-16H,4-6,9,11-14H2,1-3H3/t15-,16+/m1/s1. The summed E-state index contributed by atoms with van der Waals surface area (Å²) in [6.45, 7) is 5.59. The second-order valence-electron chi connectivity index (χ2n) is 7.22. The van der Waals surface area contributed by atoms with Crippen LogP contribution in [0.2, 0.25) is 0 Å². The molecule has 25 heavy (non-hydrogen) atoms. The Hall–Kier alpha value is -1.82. The molecular weight excluding hydrogens is 316 g/mol. The van der Waals surface area contributed by atoms with Gasteiger partial charge in [0.05, 0.1) is 12.6 Å². The van der Waals surface area contributed by atoms with Crippen LogP contribution in [0.3, 0.4) is 0 Å². The molecule has 2 atom stereocenters. The molecule has 6 heteroatoms. The summed E-state index contributed by atoms with van der Waals surface area (Å²) < 4.78 is 6.26. The van der Waals surface area contributed by atoms with Crippen LogP contribution in [0, 0.1) is 0 Å². The zero-order chi connectivity index (χ0) is 17.8. The van der Waals surface area contributed by atoms with Crippen LogP contribution in [0.5, 0.6) is 5.75 Å². The minimum atomic E-state index is -0.0442. The number of aromatic nitrogens is 1. The minimum Gasteiger partial charge on any atom is -0.485 e. The fourth-order valence-corrected chi connectivity index (χ4v) is 3.82. The first-order valence-corrected chi connectivity index (χ1v) is 9.42. The third-order valence-electron chi connectivity index (χ3n) is 5.20. The van der Waals surface area contributed by atoms with E-state index in [9.17, 15) is 4.79 Å². The summed E-state index contributed by atoms with van der Waals surface area (Å²) in [4.78, 5) is 23.5. The Morgan fingerprint density at radius 1 is 1.36 bits per heavy atom. The lowest BCUT2D eigenvalue weighted by molar-refractivity contribution is -0.135. The molecule has 0 N–H and O–H groups in total. The first kappa shape index (κ1) is 18.0. The number of rotatable bonds is 6. The van der Waals surface area contributed by atoms with Crippen LogP contribution in [0.25, 0.3) is 0 Å². The molecule has 0 aromatic carbocycles. The number of hydrogen-bond donors (Lipinski definition) is 0. The molecule has 0 spiro atoms. The van der Waals surface area contributed by atoms with Crippen molar-refractivity contribution in [2.75, 3.05) is 45.2 Å². The van der Waals surface area contributed by atoms with E-state index in [2.05, 4.69) is 16.8 Å². The third kappa shape index (κ3) is 4.06. The molecule has 1 aromatic heterocycles. The number of likely N-dealkylation sites (N-methyl/N-ethyl adjacent to an activating group) is 1. The molecule has 2 aliphatic heterocycles. The molecule has 3 rings (SSSR count). The number of carbonyl (C=O) groups is 1. The summed E-state index contributed by atoms with van der Waals surface area (Å²) in [6.07, 6.45) is 6.01. The van der Waals surface area contributed by atoms with Crippen molar-refractivity contribution in [3.8, 4) is 5.75 Å². The van der Waals surface area contributed by atoms with Crippen LogP contribution in [0.1, 0.15) is 32.6 Å². The molecule has 2 saturated heterocycles. The Balaban J connectivity index is 1.63. The normalized spacial score (nSPS) is 21.8. The van der Waals surface area contributed by atoms with Crippen LogP contribution < -0.4 is 9.64 Å². The third-order valence-corrected chi connectivity index (χ3v) is 5.20. The second kappa shape index (κ2) is 8.04. The topological polar surface area (TPSA) is 48.9 Å². The molecule has 0 bridgehead atoms. The number of nitrogens with zero attached hydrogens (tertiary/aromatic N) is 4. The number of anilines is 1. The number of pyridine rings is 1. The van der Waals surface area contributed by atoms with Crippen LogP contribution in [-0.2, 0) is 4.79 Å². The van der Waals surface area contributed by atoms with Gasteiger partial charge >= 0.3 is 0 Å². The van der Waals surface area contributed by atoms with Gasteiger partial charge in [-0.2, -0.15) is 0 Å². The van der Waals surface area contributed by atoms with Gasteiger partial charge in [0.25, 0.3) is 0 Å². The molecular formula is C19H30N4O2. The van der Waals surface area contributed by atoms with E-state index in [-0.39, 0.29) is 18.1 Å². The predicted molar refractivity (Wildman–Crippen MR) is 99.1 cm³/mol. The van der Waals surface area contributed by atoms with Crippen molar-refractivity contribution in [1.29, 1.82) is 0 Å². The average molecular weight is 346 g/mol. The summed E-state index contributed by atoms with van der Waals surface area (Å²) in [5.41, 5.74) is 0. The van der Waals surface area contributed by atoms with Gasteiger partial charge in [0.15, 0.2) is 11.6 Å². The highest BCUT2D eigenvalue weighted by molar-refractivity contribution is 5.82. The van der Waals surface area contributed by atoms with Crippen LogP contribution in [-0.4, -0.2) is 73.1 Å². The van der Waals surface area contributed by atoms with Crippen molar-refractivity contribution in [2.24, 2.45) is 0 Å². The van der Waals surface area contributed by atoms with E-state index in [1.165, 1.54) is 12.8 Å². The summed E-state index contributed by atoms with van der Waals surface area (Å²) in [7, 11) is 3.93. The Bertz CT molecular complexity index is 587. The summed E-state index contributed by atoms with van der Waals surface area (Å²) in [5.74, 6) is 2.01. The fourth-order valence-electron chi connectivity index (χ4n) is 3.82. The van der Waals surface area contributed by atoms with Gasteiger partial charge in [-0.25, -0.2) is 4.98 Å². The second-order valence-corrected chi connectivity index (χ2v) is 7.22. The Morgan fingerprint density at radius 2 is 2.12 bits per heavy atom. The summed E-state index contributed by atoms with van der Waals surface area (Å²) in [5, 5.41) is 0. The van der Waals surface area contributed by atoms with E-state index >= 15 is 0 Å². The SMILES string of the molecule is CC[C@@H](C(=O)N1CC[C@@H](Oc2cccnc2N2CCCC2)C1)N(C)C. The first-order chi connectivity index (χ1) is 12.1. The van der Waals surface area contributed by atoms with Crippen molar-refractivity contribution in [3.05, 3.63) is 18.3 Å². The lowest BCUT2D eigenvalue weighted by Gasteiger charge is -2.27. The molecule has 1 amide bonds. The zero-order valence-corrected chi connectivity index (χ0v) is 15.6. The molecule has 0 radical (unpaired) electrons. The Kier molecular flexibility index (Phi) is 5.78. The largest absolute Gasteiger partial charge is 0.485 e. The van der Waals surface area contributed by atoms with Gasteiger partial charge in [0.2, 0.25) is 5.91 Å². The maximum Gasteiger partial charge on any atom is 0.240 e. The van der Waals surface area contributed by atoms with Crippen molar-refractivity contribution in [3.63, 3.8) is 0 Å². The molecule has 3 heterocycles. The van der Waals surface area contributed by atoms with E-state index in [0.29, 0.717) is 6.54 Å². The van der Waals surface area contributed by atoms with E-state index in [4.69, 9.17) is 4.74 Å². The van der Waals surface area contributed by atoms with Gasteiger partial charge in [-0.3, -0.25) is 9.69 Å². The number of carbonyl (C=O) groups excluding carboxylic acids is 1. The van der Waals surface area contributed by atoms with Gasteiger partial charge in [-0.05, 0) is 45.5 Å². The van der Waals surface area contributed by atoms with Crippen LogP contribution in [0.15, 0.2) is 18.3 Å². The van der Waals surface area contributed by atoms with Crippen molar-refractivity contribution < 1.29 is 9.53 Å². The van der Waals surface area contributed by atoms with Crippen molar-refractivity contribution >= 4 is 11.7 Å². The van der Waals surface area contributed by atoms with Crippen LogP contribution in [0.4, 0.5) is 5.82 Å². The van der Waals surface area contributed by atoms with Crippen molar-refractivity contribution in [1.82, 2.24) is 14.8 Å². The van der Waals surface area contributed by atoms with Gasteiger partial charge in [-0.1, -0.05) is 6.92 Å². The monoisotopic (exact) mass is 346 g/mol. The maximum atomic E-state index is 12.7. The van der Waals surface area contributed by atoms with Gasteiger partial charge in [0.1, 0.15) is 6.10 Å². The fraction of sp³-hybridized carbons (Fsp3) is 0.684. The zero-order valence-electron chi connectivity index (χ0n) is 15.6. The molecule has 138 valence electrons.